The fourth-order valence-electron chi connectivity index (χ4n) is 9.57. The molecule has 0 radical (unpaired) electrons. The van der Waals surface area contributed by atoms with Gasteiger partial charge in [0.1, 0.15) is 11.3 Å². The van der Waals surface area contributed by atoms with Crippen molar-refractivity contribution in [1.82, 2.24) is 0 Å². The van der Waals surface area contributed by atoms with Crippen LogP contribution in [-0.2, 0) is 10.8 Å². The van der Waals surface area contributed by atoms with Gasteiger partial charge in [0.25, 0.3) is 0 Å². The maximum absolute atomic E-state index is 6.81. The van der Waals surface area contributed by atoms with Gasteiger partial charge in [0.05, 0.1) is 5.41 Å². The van der Waals surface area contributed by atoms with Crippen LogP contribution in [0.3, 0.4) is 0 Å². The zero-order valence-corrected chi connectivity index (χ0v) is 27.9. The molecule has 3 aliphatic rings. The third-order valence-corrected chi connectivity index (χ3v) is 11.7. The van der Waals surface area contributed by atoms with Crippen molar-refractivity contribution in [2.24, 2.45) is 0 Å². The number of fused-ring (bicyclic) bond motifs is 15. The molecule has 1 heterocycles. The molecule has 0 N–H and O–H groups in total. The summed E-state index contributed by atoms with van der Waals surface area (Å²) >= 11 is 0. The number of nitrogens with zero attached hydrogens (tertiary/aromatic N) is 1. The predicted octanol–water partition coefficient (Wildman–Crippen LogP) is 12.6. The first-order valence-electron chi connectivity index (χ1n) is 17.5. The molecule has 236 valence electrons. The van der Waals surface area contributed by atoms with Crippen molar-refractivity contribution >= 4 is 28.0 Å². The molecular weight excluding hydrogens is 607 g/mol. The van der Waals surface area contributed by atoms with Gasteiger partial charge in [0.2, 0.25) is 0 Å². The largest absolute Gasteiger partial charge is 0.456 e. The van der Waals surface area contributed by atoms with Gasteiger partial charge in [-0.05, 0) is 98.6 Å². The van der Waals surface area contributed by atoms with Crippen molar-refractivity contribution in [3.05, 3.63) is 197 Å². The maximum atomic E-state index is 6.81. The van der Waals surface area contributed by atoms with Crippen LogP contribution in [0.15, 0.2) is 168 Å². The van der Waals surface area contributed by atoms with Gasteiger partial charge in [-0.15, -0.1) is 0 Å². The van der Waals surface area contributed by atoms with Gasteiger partial charge in [0.15, 0.2) is 0 Å². The van der Waals surface area contributed by atoms with Crippen molar-refractivity contribution < 1.29 is 4.42 Å². The van der Waals surface area contributed by atoms with Crippen LogP contribution in [0.5, 0.6) is 0 Å². The van der Waals surface area contributed by atoms with Crippen molar-refractivity contribution in [2.75, 3.05) is 4.90 Å². The highest BCUT2D eigenvalue weighted by atomic mass is 16.3. The molecule has 0 saturated carbocycles. The maximum Gasteiger partial charge on any atom is 0.140 e. The lowest BCUT2D eigenvalue weighted by molar-refractivity contribution is 0.628. The molecule has 1 aromatic heterocycles. The second-order valence-corrected chi connectivity index (χ2v) is 14.4. The Morgan fingerprint density at radius 3 is 1.64 bits per heavy atom. The van der Waals surface area contributed by atoms with Crippen molar-refractivity contribution in [1.29, 1.82) is 0 Å². The lowest BCUT2D eigenvalue weighted by atomic mass is 9.70. The van der Waals surface area contributed by atoms with E-state index in [0.717, 1.165) is 34.0 Å². The monoisotopic (exact) mass is 639 g/mol. The molecule has 0 bridgehead atoms. The van der Waals surface area contributed by atoms with Crippen LogP contribution >= 0.6 is 0 Å². The number of hydrogen-bond donors (Lipinski definition) is 0. The van der Waals surface area contributed by atoms with E-state index in [1.165, 1.54) is 61.0 Å². The Balaban J connectivity index is 1.19. The summed E-state index contributed by atoms with van der Waals surface area (Å²) < 4.78 is 6.81. The zero-order chi connectivity index (χ0) is 33.2. The first-order chi connectivity index (χ1) is 24.6. The van der Waals surface area contributed by atoms with E-state index < -0.39 is 5.41 Å². The fraction of sp³-hybridized carbons (Fsp3) is 0.0833. The number of rotatable bonds is 3. The second-order valence-electron chi connectivity index (χ2n) is 14.4. The van der Waals surface area contributed by atoms with E-state index in [1.807, 2.05) is 0 Å². The minimum atomic E-state index is -0.510. The van der Waals surface area contributed by atoms with Crippen LogP contribution in [0.2, 0.25) is 0 Å². The van der Waals surface area contributed by atoms with Crippen LogP contribution < -0.4 is 4.90 Å². The van der Waals surface area contributed by atoms with Gasteiger partial charge in [-0.2, -0.15) is 0 Å². The fourth-order valence-corrected chi connectivity index (χ4v) is 9.57. The minimum Gasteiger partial charge on any atom is -0.456 e. The Hall–Kier alpha value is -6.12. The summed E-state index contributed by atoms with van der Waals surface area (Å²) in [7, 11) is 0. The lowest BCUT2D eigenvalue weighted by Crippen LogP contribution is -2.26. The van der Waals surface area contributed by atoms with Crippen molar-refractivity contribution in [2.45, 2.75) is 24.7 Å². The van der Waals surface area contributed by atoms with Gasteiger partial charge in [-0.3, -0.25) is 0 Å². The van der Waals surface area contributed by atoms with E-state index >= 15 is 0 Å². The molecule has 0 saturated heterocycles. The van der Waals surface area contributed by atoms with Crippen LogP contribution in [0.1, 0.15) is 47.2 Å². The lowest BCUT2D eigenvalue weighted by Gasteiger charge is -2.32. The first kappa shape index (κ1) is 27.8. The van der Waals surface area contributed by atoms with Gasteiger partial charge in [0, 0.05) is 39.0 Å². The predicted molar refractivity (Wildman–Crippen MR) is 205 cm³/mol. The Labute approximate surface area is 291 Å². The first-order valence-corrected chi connectivity index (χ1v) is 17.5. The molecule has 3 aliphatic carbocycles. The third kappa shape index (κ3) is 3.38. The van der Waals surface area contributed by atoms with Gasteiger partial charge >= 0.3 is 0 Å². The van der Waals surface area contributed by atoms with Gasteiger partial charge < -0.3 is 9.32 Å². The molecule has 2 heteroatoms. The number of benzene rings is 7. The number of anilines is 3. The molecule has 2 nitrogen and oxygen atoms in total. The van der Waals surface area contributed by atoms with E-state index in [2.05, 4.69) is 183 Å². The van der Waals surface area contributed by atoms with Crippen molar-refractivity contribution in [3.8, 4) is 33.6 Å². The molecule has 0 atom stereocenters. The smallest absolute Gasteiger partial charge is 0.140 e. The van der Waals surface area contributed by atoms with E-state index in [4.69, 9.17) is 4.42 Å². The average Bonchev–Trinajstić information content (AvgIpc) is 3.84. The van der Waals surface area contributed by atoms with E-state index in [1.54, 1.807) is 0 Å². The summed E-state index contributed by atoms with van der Waals surface area (Å²) in [6.45, 7) is 4.71. The molecule has 0 aliphatic heterocycles. The highest BCUT2D eigenvalue weighted by molar-refractivity contribution is 6.02. The van der Waals surface area contributed by atoms with Crippen LogP contribution in [-0.4, -0.2) is 0 Å². The highest BCUT2D eigenvalue weighted by Gasteiger charge is 2.54. The van der Waals surface area contributed by atoms with E-state index in [9.17, 15) is 0 Å². The third-order valence-electron chi connectivity index (χ3n) is 11.7. The molecule has 1 spiro atoms. The normalized spacial score (nSPS) is 14.9. The molecular formula is C48H33NO. The molecule has 0 fully saturated rings. The van der Waals surface area contributed by atoms with Crippen LogP contribution in [0.25, 0.3) is 44.5 Å². The molecule has 0 amide bonds. The topological polar surface area (TPSA) is 16.4 Å². The van der Waals surface area contributed by atoms with E-state index in [0.29, 0.717) is 0 Å². The molecule has 11 rings (SSSR count). The summed E-state index contributed by atoms with van der Waals surface area (Å²) in [5.74, 6) is 0.975. The highest BCUT2D eigenvalue weighted by Crippen LogP contribution is 2.65. The summed E-state index contributed by atoms with van der Waals surface area (Å²) in [5, 5.41) is 1.17. The number of furan rings is 1. The van der Waals surface area contributed by atoms with Crippen molar-refractivity contribution in [3.63, 3.8) is 0 Å². The molecule has 50 heavy (non-hydrogen) atoms. The zero-order valence-electron chi connectivity index (χ0n) is 27.9. The molecule has 8 aromatic rings. The summed E-state index contributed by atoms with van der Waals surface area (Å²) in [6.07, 6.45) is 0. The van der Waals surface area contributed by atoms with Gasteiger partial charge in [-0.25, -0.2) is 0 Å². The number of hydrogen-bond acceptors (Lipinski definition) is 2. The Morgan fingerprint density at radius 1 is 0.420 bits per heavy atom. The Kier molecular flexibility index (Phi) is 5.41. The van der Waals surface area contributed by atoms with Crippen LogP contribution in [0.4, 0.5) is 17.1 Å². The van der Waals surface area contributed by atoms with Crippen LogP contribution in [0, 0.1) is 0 Å². The Morgan fingerprint density at radius 2 is 0.940 bits per heavy atom. The summed E-state index contributed by atoms with van der Waals surface area (Å²) in [5.41, 5.74) is 18.0. The summed E-state index contributed by atoms with van der Waals surface area (Å²) in [6, 6.07) is 60.2. The molecule has 0 unspecified atom stereocenters. The average molecular weight is 640 g/mol. The Bertz CT molecular complexity index is 2650. The molecule has 7 aromatic carbocycles. The second kappa shape index (κ2) is 9.74. The minimum absolute atomic E-state index is 0.0982. The van der Waals surface area contributed by atoms with E-state index in [-0.39, 0.29) is 5.41 Å². The quantitative estimate of drug-likeness (QED) is 0.191. The number of para-hydroxylation sites is 2. The summed E-state index contributed by atoms with van der Waals surface area (Å²) in [4.78, 5) is 2.43. The SMILES string of the molecule is CC1(C)c2ccccc2-c2ccc(N(c3ccccc3)c3ccc4c(c3)C3(c5ccccc5-c5ccccc53)c3c-4oc4ccccc34)cc21. The standard InChI is InChI=1S/C48H33NO/c1-47(2)39-20-10-6-16-33(39)36-26-24-31(28-42(36)47)49(30-14-4-3-5-15-30)32-25-27-37-43(29-32)48(45-38-19-9-13-23-44(38)50-46(37)45)40-21-11-7-17-34(40)35-18-8-12-22-41(35)48/h3-29H,1-2H3. The van der Waals surface area contributed by atoms with Gasteiger partial charge in [-0.1, -0.05) is 129 Å².